The summed E-state index contributed by atoms with van der Waals surface area (Å²) in [6.45, 7) is 0.0823. The number of rotatable bonds is 5. The Morgan fingerprint density at radius 2 is 1.84 bits per heavy atom. The van der Waals surface area contributed by atoms with E-state index < -0.39 is 21.7 Å². The number of sulfone groups is 1. The van der Waals surface area contributed by atoms with E-state index in [1.165, 1.54) is 30.3 Å². The molecule has 0 saturated carbocycles. The number of amides is 1. The van der Waals surface area contributed by atoms with Gasteiger partial charge in [-0.05, 0) is 24.3 Å². The molecule has 0 unspecified atom stereocenters. The minimum atomic E-state index is -3.28. The fourth-order valence-electron chi connectivity index (χ4n) is 1.27. The minimum absolute atomic E-state index is 0.0823. The first kappa shape index (κ1) is 14.9. The topological polar surface area (TPSA) is 101 Å². The summed E-state index contributed by atoms with van der Waals surface area (Å²) in [4.78, 5) is 21.9. The van der Waals surface area contributed by atoms with Gasteiger partial charge in [0.2, 0.25) is 0 Å². The van der Waals surface area contributed by atoms with Crippen LogP contribution in [0.15, 0.2) is 41.3 Å². The van der Waals surface area contributed by atoms with E-state index in [1.807, 2.05) is 0 Å². The highest BCUT2D eigenvalue weighted by molar-refractivity contribution is 7.90. The van der Waals surface area contributed by atoms with Crippen molar-refractivity contribution < 1.29 is 23.1 Å². The monoisotopic (exact) mass is 283 g/mol. The van der Waals surface area contributed by atoms with Gasteiger partial charge in [0.05, 0.1) is 4.90 Å². The molecule has 0 radical (unpaired) electrons. The predicted octanol–water partition coefficient (Wildman–Crippen LogP) is 0.461. The molecule has 7 heteroatoms. The molecule has 0 bridgehead atoms. The second kappa shape index (κ2) is 6.14. The summed E-state index contributed by atoms with van der Waals surface area (Å²) in [6, 6.07) is 5.48. The lowest BCUT2D eigenvalue weighted by Gasteiger charge is -2.03. The van der Waals surface area contributed by atoms with Crippen LogP contribution in [-0.4, -0.2) is 38.2 Å². The van der Waals surface area contributed by atoms with Gasteiger partial charge in [0.1, 0.15) is 0 Å². The summed E-state index contributed by atoms with van der Waals surface area (Å²) < 4.78 is 22.4. The standard InChI is InChI=1S/C12H13NO5S/c1-19(17,18)10-6-4-9(5-7-10)12(16)13-8-2-3-11(14)15/h2-7H,8H2,1H3,(H,13,16)(H,14,15)/b3-2+. The van der Waals surface area contributed by atoms with E-state index >= 15 is 0 Å². The molecule has 0 atom stereocenters. The molecule has 6 nitrogen and oxygen atoms in total. The van der Waals surface area contributed by atoms with Crippen LogP contribution >= 0.6 is 0 Å². The number of hydrogen-bond donors (Lipinski definition) is 2. The van der Waals surface area contributed by atoms with Crippen molar-refractivity contribution in [3.63, 3.8) is 0 Å². The lowest BCUT2D eigenvalue weighted by Crippen LogP contribution is -2.23. The van der Waals surface area contributed by atoms with Crippen LogP contribution in [-0.2, 0) is 14.6 Å². The average molecular weight is 283 g/mol. The van der Waals surface area contributed by atoms with Gasteiger partial charge in [0.25, 0.3) is 5.91 Å². The lowest BCUT2D eigenvalue weighted by molar-refractivity contribution is -0.131. The Labute approximate surface area is 110 Å². The van der Waals surface area contributed by atoms with Gasteiger partial charge in [-0.25, -0.2) is 13.2 Å². The van der Waals surface area contributed by atoms with Gasteiger partial charge in [-0.2, -0.15) is 0 Å². The van der Waals surface area contributed by atoms with Crippen molar-refractivity contribution in [1.29, 1.82) is 0 Å². The Kier molecular flexibility index (Phi) is 4.82. The van der Waals surface area contributed by atoms with Gasteiger partial charge in [0, 0.05) is 24.4 Å². The Balaban J connectivity index is 2.66. The van der Waals surface area contributed by atoms with Crippen LogP contribution in [0.3, 0.4) is 0 Å². The maximum Gasteiger partial charge on any atom is 0.328 e. The van der Waals surface area contributed by atoms with Crippen molar-refractivity contribution >= 4 is 21.7 Å². The molecular formula is C12H13NO5S. The van der Waals surface area contributed by atoms with E-state index in [2.05, 4.69) is 5.32 Å². The van der Waals surface area contributed by atoms with Crippen molar-refractivity contribution in [3.05, 3.63) is 42.0 Å². The highest BCUT2D eigenvalue weighted by atomic mass is 32.2. The molecule has 0 aromatic heterocycles. The normalized spacial score (nSPS) is 11.4. The molecule has 0 saturated heterocycles. The molecule has 1 rings (SSSR count). The van der Waals surface area contributed by atoms with Crippen LogP contribution in [0.25, 0.3) is 0 Å². The van der Waals surface area contributed by atoms with Gasteiger partial charge in [0.15, 0.2) is 9.84 Å². The van der Waals surface area contributed by atoms with Gasteiger partial charge < -0.3 is 10.4 Å². The second-order valence-corrected chi connectivity index (χ2v) is 5.76. The van der Waals surface area contributed by atoms with E-state index in [0.717, 1.165) is 12.3 Å². The molecule has 102 valence electrons. The summed E-state index contributed by atoms with van der Waals surface area (Å²) in [5.74, 6) is -1.50. The Bertz CT molecular complexity index is 602. The first-order valence-corrected chi connectivity index (χ1v) is 7.17. The number of carbonyl (C=O) groups excluding carboxylic acids is 1. The minimum Gasteiger partial charge on any atom is -0.478 e. The number of benzene rings is 1. The predicted molar refractivity (Wildman–Crippen MR) is 68.7 cm³/mol. The molecule has 0 aliphatic carbocycles. The van der Waals surface area contributed by atoms with Gasteiger partial charge in [-0.1, -0.05) is 6.08 Å². The Morgan fingerprint density at radius 3 is 2.32 bits per heavy atom. The van der Waals surface area contributed by atoms with E-state index in [9.17, 15) is 18.0 Å². The molecule has 1 aromatic carbocycles. The fraction of sp³-hybridized carbons (Fsp3) is 0.167. The van der Waals surface area contributed by atoms with Gasteiger partial charge >= 0.3 is 5.97 Å². The van der Waals surface area contributed by atoms with Crippen molar-refractivity contribution in [2.45, 2.75) is 4.90 Å². The molecule has 1 aromatic rings. The van der Waals surface area contributed by atoms with Crippen molar-refractivity contribution in [1.82, 2.24) is 5.32 Å². The number of carboxylic acid groups (broad SMARTS) is 1. The van der Waals surface area contributed by atoms with Crippen LogP contribution in [0.5, 0.6) is 0 Å². The third kappa shape index (κ3) is 4.92. The number of carbonyl (C=O) groups is 2. The summed E-state index contributed by atoms with van der Waals surface area (Å²) in [7, 11) is -3.28. The fourth-order valence-corrected chi connectivity index (χ4v) is 1.90. The van der Waals surface area contributed by atoms with Crippen LogP contribution in [0.4, 0.5) is 0 Å². The maximum atomic E-state index is 11.6. The van der Waals surface area contributed by atoms with Gasteiger partial charge in [-0.3, -0.25) is 4.79 Å². The first-order valence-electron chi connectivity index (χ1n) is 5.28. The Hall–Kier alpha value is -2.15. The molecule has 0 heterocycles. The van der Waals surface area contributed by atoms with Crippen LogP contribution in [0.2, 0.25) is 0 Å². The SMILES string of the molecule is CS(=O)(=O)c1ccc(C(=O)NC/C=C/C(=O)O)cc1. The molecule has 0 aliphatic heterocycles. The summed E-state index contributed by atoms with van der Waals surface area (Å²) in [5.41, 5.74) is 0.302. The largest absolute Gasteiger partial charge is 0.478 e. The Morgan fingerprint density at radius 1 is 1.26 bits per heavy atom. The number of hydrogen-bond acceptors (Lipinski definition) is 4. The van der Waals surface area contributed by atoms with E-state index in [4.69, 9.17) is 5.11 Å². The quantitative estimate of drug-likeness (QED) is 0.765. The third-order valence-electron chi connectivity index (χ3n) is 2.19. The summed E-state index contributed by atoms with van der Waals surface area (Å²) in [6.07, 6.45) is 3.30. The van der Waals surface area contributed by atoms with Crippen molar-refractivity contribution in [2.24, 2.45) is 0 Å². The molecule has 0 spiro atoms. The number of nitrogens with one attached hydrogen (secondary N) is 1. The zero-order valence-electron chi connectivity index (χ0n) is 10.2. The molecule has 19 heavy (non-hydrogen) atoms. The van der Waals surface area contributed by atoms with Crippen molar-refractivity contribution in [3.8, 4) is 0 Å². The zero-order valence-corrected chi connectivity index (χ0v) is 11.0. The van der Waals surface area contributed by atoms with E-state index in [1.54, 1.807) is 0 Å². The third-order valence-corrected chi connectivity index (χ3v) is 3.31. The highest BCUT2D eigenvalue weighted by Gasteiger charge is 2.09. The van der Waals surface area contributed by atoms with Crippen LogP contribution < -0.4 is 5.32 Å². The van der Waals surface area contributed by atoms with Crippen LogP contribution in [0, 0.1) is 0 Å². The maximum absolute atomic E-state index is 11.6. The average Bonchev–Trinajstić information content (AvgIpc) is 2.33. The summed E-state index contributed by atoms with van der Waals surface area (Å²) >= 11 is 0. The van der Waals surface area contributed by atoms with Crippen molar-refractivity contribution in [2.75, 3.05) is 12.8 Å². The smallest absolute Gasteiger partial charge is 0.328 e. The number of carboxylic acids is 1. The highest BCUT2D eigenvalue weighted by Crippen LogP contribution is 2.10. The van der Waals surface area contributed by atoms with Crippen LogP contribution in [0.1, 0.15) is 10.4 Å². The van der Waals surface area contributed by atoms with E-state index in [0.29, 0.717) is 5.56 Å². The second-order valence-electron chi connectivity index (χ2n) is 3.75. The molecule has 1 amide bonds. The first-order chi connectivity index (χ1) is 8.80. The van der Waals surface area contributed by atoms with E-state index in [-0.39, 0.29) is 11.4 Å². The lowest BCUT2D eigenvalue weighted by atomic mass is 10.2. The number of aliphatic carboxylic acids is 1. The zero-order chi connectivity index (χ0) is 14.5. The molecule has 0 aliphatic rings. The summed E-state index contributed by atoms with van der Waals surface area (Å²) in [5, 5.41) is 10.8. The van der Waals surface area contributed by atoms with Gasteiger partial charge in [-0.15, -0.1) is 0 Å². The molecule has 2 N–H and O–H groups in total. The molecule has 0 fully saturated rings. The molecular weight excluding hydrogens is 270 g/mol.